The summed E-state index contributed by atoms with van der Waals surface area (Å²) in [6.07, 6.45) is 2.88. The van der Waals surface area contributed by atoms with Gasteiger partial charge in [0.15, 0.2) is 11.5 Å². The fraction of sp³-hybridized carbons (Fsp3) is 0.517. The van der Waals surface area contributed by atoms with Crippen LogP contribution in [0.1, 0.15) is 84.7 Å². The number of hydrogen-bond acceptors (Lipinski definition) is 7. The molecule has 2 bridgehead atoms. The summed E-state index contributed by atoms with van der Waals surface area (Å²) in [6, 6.07) is 3.44. The lowest BCUT2D eigenvalue weighted by molar-refractivity contribution is 0.0448. The van der Waals surface area contributed by atoms with Crippen LogP contribution in [-0.4, -0.2) is 41.3 Å². The van der Waals surface area contributed by atoms with Gasteiger partial charge in [0.2, 0.25) is 0 Å². The number of carbonyl (C=O) groups is 2. The van der Waals surface area contributed by atoms with E-state index in [1.807, 2.05) is 13.8 Å². The van der Waals surface area contributed by atoms with Gasteiger partial charge < -0.3 is 29.0 Å². The summed E-state index contributed by atoms with van der Waals surface area (Å²) in [6.45, 7) is 6.78. The number of halogens is 1. The largest absolute Gasteiger partial charge is 0.495 e. The number of aliphatic hydroxyl groups excluding tert-OH is 1. The SMILES string of the molecule is COc1c([C@@H](O)CC(C)C)ccc2c1C(=O)OCc1c(F)c(C)c(C)c(OC(=O)N3C4CCC3CC4)c1O2. The molecule has 0 radical (unpaired) electrons. The molecule has 2 aromatic carbocycles. The van der Waals surface area contributed by atoms with Crippen molar-refractivity contribution < 1.29 is 38.0 Å². The number of ether oxygens (including phenoxy) is 4. The van der Waals surface area contributed by atoms with Gasteiger partial charge >= 0.3 is 12.1 Å². The van der Waals surface area contributed by atoms with E-state index in [2.05, 4.69) is 0 Å². The van der Waals surface area contributed by atoms with Crippen LogP contribution in [0.15, 0.2) is 12.1 Å². The normalized spacial score (nSPS) is 20.7. The Morgan fingerprint density at radius 2 is 1.79 bits per heavy atom. The van der Waals surface area contributed by atoms with Gasteiger partial charge in [-0.05, 0) is 69.6 Å². The molecule has 0 aromatic heterocycles. The zero-order valence-electron chi connectivity index (χ0n) is 22.4. The topological polar surface area (TPSA) is 94.5 Å². The van der Waals surface area contributed by atoms with Crippen LogP contribution in [0.5, 0.6) is 23.0 Å². The van der Waals surface area contributed by atoms with E-state index in [0.717, 1.165) is 25.7 Å². The van der Waals surface area contributed by atoms with Gasteiger partial charge in [0.1, 0.15) is 29.5 Å². The lowest BCUT2D eigenvalue weighted by Crippen LogP contribution is -2.37. The van der Waals surface area contributed by atoms with E-state index in [1.165, 1.54) is 13.2 Å². The summed E-state index contributed by atoms with van der Waals surface area (Å²) in [4.78, 5) is 28.2. The Morgan fingerprint density at radius 3 is 2.39 bits per heavy atom. The molecule has 2 aromatic rings. The number of benzene rings is 2. The fourth-order valence-corrected chi connectivity index (χ4v) is 5.91. The third kappa shape index (κ3) is 4.36. The maximum Gasteiger partial charge on any atom is 0.415 e. The Kier molecular flexibility index (Phi) is 6.98. The monoisotopic (exact) mass is 527 g/mol. The first kappa shape index (κ1) is 26.3. The van der Waals surface area contributed by atoms with Crippen molar-refractivity contribution in [2.24, 2.45) is 5.92 Å². The first-order chi connectivity index (χ1) is 18.1. The fourth-order valence-electron chi connectivity index (χ4n) is 5.91. The maximum absolute atomic E-state index is 15.5. The number of hydrogen-bond donors (Lipinski definition) is 1. The average Bonchev–Trinajstić information content (AvgIpc) is 3.48. The summed E-state index contributed by atoms with van der Waals surface area (Å²) < 4.78 is 38.6. The Hall–Kier alpha value is -3.33. The summed E-state index contributed by atoms with van der Waals surface area (Å²) in [5, 5.41) is 10.8. The molecule has 5 rings (SSSR count). The minimum atomic E-state index is -0.879. The Balaban J connectivity index is 1.60. The van der Waals surface area contributed by atoms with Crippen molar-refractivity contribution in [1.29, 1.82) is 0 Å². The van der Waals surface area contributed by atoms with Crippen molar-refractivity contribution >= 4 is 12.1 Å². The molecule has 3 aliphatic heterocycles. The van der Waals surface area contributed by atoms with E-state index in [0.29, 0.717) is 17.5 Å². The number of amides is 1. The minimum Gasteiger partial charge on any atom is -0.495 e. The zero-order chi connectivity index (χ0) is 27.3. The van der Waals surface area contributed by atoms with Crippen LogP contribution in [0.2, 0.25) is 0 Å². The third-order valence-corrected chi connectivity index (χ3v) is 8.00. The molecule has 0 unspecified atom stereocenters. The number of aliphatic hydroxyl groups is 1. The molecule has 0 aliphatic carbocycles. The highest BCUT2D eigenvalue weighted by atomic mass is 19.1. The second-order valence-corrected chi connectivity index (χ2v) is 10.8. The highest BCUT2D eigenvalue weighted by molar-refractivity contribution is 5.97. The highest BCUT2D eigenvalue weighted by Crippen LogP contribution is 2.47. The van der Waals surface area contributed by atoms with Crippen LogP contribution >= 0.6 is 0 Å². The van der Waals surface area contributed by atoms with Crippen molar-refractivity contribution in [2.75, 3.05) is 7.11 Å². The number of cyclic esters (lactones) is 1. The van der Waals surface area contributed by atoms with Crippen LogP contribution in [0.25, 0.3) is 0 Å². The first-order valence-electron chi connectivity index (χ1n) is 13.2. The van der Waals surface area contributed by atoms with Crippen molar-refractivity contribution in [1.82, 2.24) is 4.90 Å². The molecule has 204 valence electrons. The molecule has 0 saturated carbocycles. The number of methoxy groups -OCH3 is 1. The van der Waals surface area contributed by atoms with E-state index in [-0.39, 0.29) is 57.7 Å². The number of carbonyl (C=O) groups excluding carboxylic acids is 2. The van der Waals surface area contributed by atoms with Crippen LogP contribution in [0, 0.1) is 25.6 Å². The number of fused-ring (bicyclic) bond motifs is 4. The standard InChI is InChI=1S/C29H34FNO7/c1-14(2)12-21(32)19-10-11-22-23(26(19)35-5)28(33)36-13-20-24(30)15(3)16(4)25(27(20)37-22)38-29(34)31-17-6-7-18(31)9-8-17/h10-11,14,17-18,21,32H,6-9,12-13H2,1-5H3/t17?,18?,21-/m0/s1. The lowest BCUT2D eigenvalue weighted by Gasteiger charge is -2.27. The van der Waals surface area contributed by atoms with Gasteiger partial charge in [0.25, 0.3) is 0 Å². The molecule has 1 amide bonds. The zero-order valence-corrected chi connectivity index (χ0v) is 22.4. The van der Waals surface area contributed by atoms with E-state index >= 15 is 4.39 Å². The highest BCUT2D eigenvalue weighted by Gasteiger charge is 2.44. The molecule has 2 fully saturated rings. The van der Waals surface area contributed by atoms with Gasteiger partial charge in [-0.2, -0.15) is 0 Å². The lowest BCUT2D eigenvalue weighted by atomic mass is 9.96. The molecule has 3 aliphatic rings. The molecule has 8 nitrogen and oxygen atoms in total. The van der Waals surface area contributed by atoms with Crippen LogP contribution in [-0.2, 0) is 11.3 Å². The predicted molar refractivity (Wildman–Crippen MR) is 136 cm³/mol. The van der Waals surface area contributed by atoms with Gasteiger partial charge in [0.05, 0.1) is 18.8 Å². The van der Waals surface area contributed by atoms with Gasteiger partial charge in [-0.1, -0.05) is 13.8 Å². The summed E-state index contributed by atoms with van der Waals surface area (Å²) in [5.74, 6) is -0.908. The third-order valence-electron chi connectivity index (χ3n) is 8.00. The number of esters is 1. The van der Waals surface area contributed by atoms with E-state index < -0.39 is 30.6 Å². The van der Waals surface area contributed by atoms with Gasteiger partial charge in [0, 0.05) is 23.2 Å². The molecule has 1 N–H and O–H groups in total. The Bertz CT molecular complexity index is 1270. The van der Waals surface area contributed by atoms with E-state index in [4.69, 9.17) is 18.9 Å². The summed E-state index contributed by atoms with van der Waals surface area (Å²) in [7, 11) is 1.39. The molecule has 9 heteroatoms. The van der Waals surface area contributed by atoms with Crippen molar-refractivity contribution in [3.8, 4) is 23.0 Å². The number of nitrogens with zero attached hydrogens (tertiary/aromatic N) is 1. The number of rotatable bonds is 5. The molecule has 3 heterocycles. The second-order valence-electron chi connectivity index (χ2n) is 10.8. The molecule has 0 spiro atoms. The van der Waals surface area contributed by atoms with Crippen LogP contribution in [0.3, 0.4) is 0 Å². The Labute approximate surface area is 221 Å². The van der Waals surface area contributed by atoms with Crippen molar-refractivity contribution in [3.05, 3.63) is 45.8 Å². The van der Waals surface area contributed by atoms with Crippen molar-refractivity contribution in [3.63, 3.8) is 0 Å². The van der Waals surface area contributed by atoms with E-state index in [1.54, 1.807) is 24.8 Å². The van der Waals surface area contributed by atoms with Crippen LogP contribution < -0.4 is 14.2 Å². The molecule has 1 atom stereocenters. The summed E-state index contributed by atoms with van der Waals surface area (Å²) >= 11 is 0. The second kappa shape index (κ2) is 10.1. The van der Waals surface area contributed by atoms with Crippen molar-refractivity contribution in [2.45, 2.75) is 84.6 Å². The maximum atomic E-state index is 15.5. The van der Waals surface area contributed by atoms with Gasteiger partial charge in [-0.25, -0.2) is 14.0 Å². The Morgan fingerprint density at radius 1 is 1.13 bits per heavy atom. The molecule has 2 saturated heterocycles. The minimum absolute atomic E-state index is 0.0119. The van der Waals surface area contributed by atoms with Gasteiger partial charge in [-0.15, -0.1) is 0 Å². The summed E-state index contributed by atoms with van der Waals surface area (Å²) in [5.41, 5.74) is 1.09. The molecular weight excluding hydrogens is 493 g/mol. The van der Waals surface area contributed by atoms with Crippen LogP contribution in [0.4, 0.5) is 9.18 Å². The predicted octanol–water partition coefficient (Wildman–Crippen LogP) is 6.12. The van der Waals surface area contributed by atoms with E-state index in [9.17, 15) is 14.7 Å². The average molecular weight is 528 g/mol. The van der Waals surface area contributed by atoms with Gasteiger partial charge in [-0.3, -0.25) is 0 Å². The smallest absolute Gasteiger partial charge is 0.415 e. The quantitative estimate of drug-likeness (QED) is 0.468. The molecular formula is C29H34FNO7. The first-order valence-corrected chi connectivity index (χ1v) is 13.2. The molecule has 38 heavy (non-hydrogen) atoms.